The lowest BCUT2D eigenvalue weighted by Crippen LogP contribution is -2.12. The monoisotopic (exact) mass is 351 g/mol. The topological polar surface area (TPSA) is 81.9 Å². The molecule has 1 aromatic heterocycles. The van der Waals surface area contributed by atoms with Gasteiger partial charge in [-0.1, -0.05) is 32.0 Å². The molecule has 1 amide bonds. The summed E-state index contributed by atoms with van der Waals surface area (Å²) in [7, 11) is 1.77. The van der Waals surface area contributed by atoms with Crippen molar-refractivity contribution in [1.82, 2.24) is 20.2 Å². The van der Waals surface area contributed by atoms with Gasteiger partial charge in [0.25, 0.3) is 5.91 Å². The highest BCUT2D eigenvalue weighted by Gasteiger charge is 2.10. The second-order valence-corrected chi connectivity index (χ2v) is 6.39. The Morgan fingerprint density at radius 2 is 2.00 bits per heavy atom. The van der Waals surface area contributed by atoms with Gasteiger partial charge in [-0.3, -0.25) is 4.79 Å². The van der Waals surface area contributed by atoms with Crippen LogP contribution in [0.5, 0.6) is 5.75 Å². The van der Waals surface area contributed by atoms with E-state index < -0.39 is 0 Å². The van der Waals surface area contributed by atoms with Gasteiger partial charge in [0, 0.05) is 23.9 Å². The van der Waals surface area contributed by atoms with Crippen molar-refractivity contribution in [2.45, 2.75) is 13.8 Å². The molecule has 3 aromatic rings. The van der Waals surface area contributed by atoms with E-state index in [9.17, 15) is 4.79 Å². The molecule has 2 aromatic carbocycles. The molecule has 3 rings (SSSR count). The predicted octanol–water partition coefficient (Wildman–Crippen LogP) is 3.16. The van der Waals surface area contributed by atoms with Gasteiger partial charge in [0.05, 0.1) is 6.61 Å². The van der Waals surface area contributed by atoms with Crippen LogP contribution in [0.1, 0.15) is 24.2 Å². The van der Waals surface area contributed by atoms with E-state index >= 15 is 0 Å². The minimum Gasteiger partial charge on any atom is -0.493 e. The summed E-state index contributed by atoms with van der Waals surface area (Å²) in [4.78, 5) is 12.6. The molecule has 0 aliphatic heterocycles. The molecule has 7 nitrogen and oxygen atoms in total. The molecule has 0 saturated carbocycles. The number of amides is 1. The third-order valence-electron chi connectivity index (χ3n) is 3.68. The summed E-state index contributed by atoms with van der Waals surface area (Å²) in [5, 5.41) is 14.3. The summed E-state index contributed by atoms with van der Waals surface area (Å²) in [6.45, 7) is 4.77. The van der Waals surface area contributed by atoms with Gasteiger partial charge in [-0.2, -0.15) is 0 Å². The molecule has 0 fully saturated rings. The van der Waals surface area contributed by atoms with Crippen LogP contribution in [-0.2, 0) is 7.05 Å². The van der Waals surface area contributed by atoms with Crippen LogP contribution in [0.15, 0.2) is 48.5 Å². The molecule has 0 unspecified atom stereocenters. The number of carbonyl (C=O) groups excluding carboxylic acids is 1. The summed E-state index contributed by atoms with van der Waals surface area (Å²) in [6.07, 6.45) is 0. The van der Waals surface area contributed by atoms with Crippen molar-refractivity contribution in [2.24, 2.45) is 13.0 Å². The maximum Gasteiger partial charge on any atom is 0.255 e. The minimum absolute atomic E-state index is 0.201. The molecule has 0 saturated heterocycles. The number of hydrogen-bond donors (Lipinski definition) is 1. The summed E-state index contributed by atoms with van der Waals surface area (Å²) >= 11 is 0. The number of hydrogen-bond acceptors (Lipinski definition) is 5. The van der Waals surface area contributed by atoms with Crippen LogP contribution in [0.3, 0.4) is 0 Å². The lowest BCUT2D eigenvalue weighted by Gasteiger charge is -2.10. The molecular weight excluding hydrogens is 330 g/mol. The second-order valence-electron chi connectivity index (χ2n) is 6.39. The number of rotatable bonds is 6. The molecule has 26 heavy (non-hydrogen) atoms. The third-order valence-corrected chi connectivity index (χ3v) is 3.68. The highest BCUT2D eigenvalue weighted by molar-refractivity contribution is 6.04. The Hall–Kier alpha value is -3.22. The molecule has 0 aliphatic carbocycles. The standard InChI is InChI=1S/C19H21N5O2/c1-13(2)12-26-17-9-5-7-15(11-17)19(25)20-16-8-4-6-14(10-16)18-21-22-23-24(18)3/h4-11,13H,12H2,1-3H3,(H,20,25). The minimum atomic E-state index is -0.201. The van der Waals surface area contributed by atoms with E-state index in [0.29, 0.717) is 35.3 Å². The summed E-state index contributed by atoms with van der Waals surface area (Å²) in [5.74, 6) is 1.54. The molecule has 7 heteroatoms. The largest absolute Gasteiger partial charge is 0.493 e. The van der Waals surface area contributed by atoms with Crippen LogP contribution in [0.2, 0.25) is 0 Å². The Morgan fingerprint density at radius 1 is 1.19 bits per heavy atom. The SMILES string of the molecule is CC(C)COc1cccc(C(=O)Nc2cccc(-c3nnnn3C)c2)c1. The first kappa shape index (κ1) is 17.6. The first-order valence-electron chi connectivity index (χ1n) is 8.40. The third kappa shape index (κ3) is 4.24. The molecule has 0 spiro atoms. The zero-order valence-corrected chi connectivity index (χ0v) is 15.0. The number of anilines is 1. The molecule has 0 aliphatic rings. The van der Waals surface area contributed by atoms with Crippen molar-refractivity contribution in [3.8, 4) is 17.1 Å². The highest BCUT2D eigenvalue weighted by Crippen LogP contribution is 2.21. The van der Waals surface area contributed by atoms with Gasteiger partial charge in [0.15, 0.2) is 5.82 Å². The molecule has 0 bridgehead atoms. The Morgan fingerprint density at radius 3 is 2.73 bits per heavy atom. The van der Waals surface area contributed by atoms with Crippen LogP contribution >= 0.6 is 0 Å². The van der Waals surface area contributed by atoms with Gasteiger partial charge in [-0.25, -0.2) is 4.68 Å². The van der Waals surface area contributed by atoms with E-state index in [1.165, 1.54) is 0 Å². The van der Waals surface area contributed by atoms with E-state index in [2.05, 4.69) is 34.7 Å². The fraction of sp³-hybridized carbons (Fsp3) is 0.263. The number of aryl methyl sites for hydroxylation is 1. The van der Waals surface area contributed by atoms with Crippen molar-refractivity contribution in [2.75, 3.05) is 11.9 Å². The van der Waals surface area contributed by atoms with Gasteiger partial charge in [0.2, 0.25) is 0 Å². The summed E-state index contributed by atoms with van der Waals surface area (Å²) in [5.41, 5.74) is 2.03. The van der Waals surface area contributed by atoms with Gasteiger partial charge in [0.1, 0.15) is 5.75 Å². The Bertz CT molecular complexity index is 904. The quantitative estimate of drug-likeness (QED) is 0.738. The van der Waals surface area contributed by atoms with Crippen molar-refractivity contribution < 1.29 is 9.53 Å². The van der Waals surface area contributed by atoms with Gasteiger partial charge in [-0.15, -0.1) is 5.10 Å². The fourth-order valence-electron chi connectivity index (χ4n) is 2.40. The lowest BCUT2D eigenvalue weighted by molar-refractivity contribution is 0.102. The van der Waals surface area contributed by atoms with Crippen LogP contribution in [0, 0.1) is 5.92 Å². The first-order valence-corrected chi connectivity index (χ1v) is 8.40. The van der Waals surface area contributed by atoms with Crippen molar-refractivity contribution in [3.05, 3.63) is 54.1 Å². The van der Waals surface area contributed by atoms with E-state index in [4.69, 9.17) is 4.74 Å². The molecular formula is C19H21N5O2. The molecule has 1 heterocycles. The van der Waals surface area contributed by atoms with Crippen LogP contribution < -0.4 is 10.1 Å². The van der Waals surface area contributed by atoms with Gasteiger partial charge < -0.3 is 10.1 Å². The van der Waals surface area contributed by atoms with Gasteiger partial charge >= 0.3 is 0 Å². The number of aromatic nitrogens is 4. The number of benzene rings is 2. The smallest absolute Gasteiger partial charge is 0.255 e. The number of carbonyl (C=O) groups is 1. The average Bonchev–Trinajstić information content (AvgIpc) is 3.06. The number of nitrogens with zero attached hydrogens (tertiary/aromatic N) is 4. The number of nitrogens with one attached hydrogen (secondary N) is 1. The Kier molecular flexibility index (Phi) is 5.26. The zero-order chi connectivity index (χ0) is 18.5. The van der Waals surface area contributed by atoms with Crippen LogP contribution in [0.4, 0.5) is 5.69 Å². The Labute approximate surface area is 152 Å². The van der Waals surface area contributed by atoms with Crippen molar-refractivity contribution >= 4 is 11.6 Å². The van der Waals surface area contributed by atoms with Crippen LogP contribution in [-0.4, -0.2) is 32.7 Å². The van der Waals surface area contributed by atoms with Crippen molar-refractivity contribution in [3.63, 3.8) is 0 Å². The second kappa shape index (κ2) is 7.77. The van der Waals surface area contributed by atoms with Gasteiger partial charge in [-0.05, 0) is 46.7 Å². The van der Waals surface area contributed by atoms with Crippen LogP contribution in [0.25, 0.3) is 11.4 Å². The zero-order valence-electron chi connectivity index (χ0n) is 15.0. The molecule has 1 N–H and O–H groups in total. The Balaban J connectivity index is 1.74. The van der Waals surface area contributed by atoms with E-state index in [1.807, 2.05) is 36.4 Å². The summed E-state index contributed by atoms with van der Waals surface area (Å²) < 4.78 is 7.26. The normalized spacial score (nSPS) is 10.8. The fourth-order valence-corrected chi connectivity index (χ4v) is 2.40. The predicted molar refractivity (Wildman–Crippen MR) is 99.0 cm³/mol. The highest BCUT2D eigenvalue weighted by atomic mass is 16.5. The van der Waals surface area contributed by atoms with E-state index in [0.717, 1.165) is 5.56 Å². The van der Waals surface area contributed by atoms with E-state index in [-0.39, 0.29) is 5.91 Å². The number of ether oxygens (including phenoxy) is 1. The average molecular weight is 351 g/mol. The molecule has 134 valence electrons. The maximum absolute atomic E-state index is 12.6. The van der Waals surface area contributed by atoms with E-state index in [1.54, 1.807) is 23.9 Å². The number of tetrazole rings is 1. The van der Waals surface area contributed by atoms with Crippen molar-refractivity contribution in [1.29, 1.82) is 0 Å². The first-order chi connectivity index (χ1) is 12.5. The maximum atomic E-state index is 12.6. The lowest BCUT2D eigenvalue weighted by atomic mass is 10.1. The summed E-state index contributed by atoms with van der Waals surface area (Å²) in [6, 6.07) is 14.6. The molecule has 0 atom stereocenters. The molecule has 0 radical (unpaired) electrons.